The molecule has 0 bridgehead atoms. The third-order valence-electron chi connectivity index (χ3n) is 6.59. The fraction of sp³-hybridized carbons (Fsp3) is 0.423. The zero-order valence-corrected chi connectivity index (χ0v) is 18.0. The number of fused-ring (bicyclic) bond motifs is 1. The molecule has 1 aliphatic carbocycles. The molecule has 3 aromatic rings. The van der Waals surface area contributed by atoms with Gasteiger partial charge in [0, 0.05) is 18.0 Å². The van der Waals surface area contributed by atoms with Gasteiger partial charge in [-0.05, 0) is 74.8 Å². The van der Waals surface area contributed by atoms with Gasteiger partial charge in [-0.15, -0.1) is 0 Å². The molecule has 2 heterocycles. The maximum absolute atomic E-state index is 6.65. The third kappa shape index (κ3) is 4.62. The summed E-state index contributed by atoms with van der Waals surface area (Å²) < 4.78 is 17.8. The van der Waals surface area contributed by atoms with Crippen molar-refractivity contribution in [3.05, 3.63) is 77.2 Å². The van der Waals surface area contributed by atoms with Gasteiger partial charge >= 0.3 is 0 Å². The summed E-state index contributed by atoms with van der Waals surface area (Å²) in [5.41, 5.74) is 9.85. The molecule has 1 aliphatic heterocycles. The van der Waals surface area contributed by atoms with Gasteiger partial charge < -0.3 is 19.7 Å². The predicted molar refractivity (Wildman–Crippen MR) is 119 cm³/mol. The van der Waals surface area contributed by atoms with Crippen LogP contribution in [0.4, 0.5) is 0 Å². The summed E-state index contributed by atoms with van der Waals surface area (Å²) in [4.78, 5) is 0. The lowest BCUT2D eigenvalue weighted by molar-refractivity contribution is 0.116. The van der Waals surface area contributed by atoms with Crippen LogP contribution in [0.5, 0.6) is 11.5 Å². The molecule has 1 fully saturated rings. The highest BCUT2D eigenvalue weighted by atomic mass is 16.5. The summed E-state index contributed by atoms with van der Waals surface area (Å²) in [5, 5.41) is 4.11. The van der Waals surface area contributed by atoms with Crippen LogP contribution in [-0.2, 0) is 12.8 Å². The molecule has 0 amide bonds. The highest BCUT2D eigenvalue weighted by Crippen LogP contribution is 2.38. The lowest BCUT2D eigenvalue weighted by Gasteiger charge is -2.37. The molecule has 5 rings (SSSR count). The Morgan fingerprint density at radius 3 is 2.61 bits per heavy atom. The Morgan fingerprint density at radius 2 is 1.87 bits per heavy atom. The van der Waals surface area contributed by atoms with Crippen LogP contribution < -0.4 is 15.2 Å². The maximum Gasteiger partial charge on any atom is 0.133 e. The molecule has 31 heavy (non-hydrogen) atoms. The average Bonchev–Trinajstić information content (AvgIpc) is 3.19. The second-order valence-corrected chi connectivity index (χ2v) is 9.11. The molecule has 1 saturated carbocycles. The molecule has 1 atom stereocenters. The van der Waals surface area contributed by atoms with Crippen LogP contribution in [-0.4, -0.2) is 16.8 Å². The van der Waals surface area contributed by atoms with Gasteiger partial charge in [-0.1, -0.05) is 35.5 Å². The molecule has 0 spiro atoms. The Balaban J connectivity index is 1.18. The second-order valence-electron chi connectivity index (χ2n) is 9.11. The largest absolute Gasteiger partial charge is 0.490 e. The molecule has 1 unspecified atom stereocenters. The van der Waals surface area contributed by atoms with E-state index in [1.54, 1.807) is 0 Å². The highest BCUT2D eigenvalue weighted by Gasteiger charge is 2.33. The van der Waals surface area contributed by atoms with E-state index in [0.717, 1.165) is 67.9 Å². The van der Waals surface area contributed by atoms with Crippen LogP contribution in [0.25, 0.3) is 0 Å². The SMILES string of the molecule is Cc1cc(CC2(N)CCC(Oc3ccc4c(c3)CCC(c3ccccc3)O4)CC2)no1. The van der Waals surface area contributed by atoms with Crippen LogP contribution in [0.2, 0.25) is 0 Å². The van der Waals surface area contributed by atoms with Crippen LogP contribution in [0, 0.1) is 6.92 Å². The summed E-state index contributed by atoms with van der Waals surface area (Å²) in [7, 11) is 0. The van der Waals surface area contributed by atoms with Crippen molar-refractivity contribution in [3.63, 3.8) is 0 Å². The molecular weight excluding hydrogens is 388 g/mol. The van der Waals surface area contributed by atoms with E-state index in [1.807, 2.05) is 25.1 Å². The van der Waals surface area contributed by atoms with Crippen molar-refractivity contribution in [2.45, 2.75) is 69.6 Å². The normalized spacial score (nSPS) is 25.5. The third-order valence-corrected chi connectivity index (χ3v) is 6.59. The molecule has 2 aromatic carbocycles. The van der Waals surface area contributed by atoms with E-state index in [1.165, 1.54) is 11.1 Å². The monoisotopic (exact) mass is 418 g/mol. The van der Waals surface area contributed by atoms with Crippen LogP contribution in [0.3, 0.4) is 0 Å². The lowest BCUT2D eigenvalue weighted by Crippen LogP contribution is -2.47. The van der Waals surface area contributed by atoms with Gasteiger partial charge in [-0.2, -0.15) is 0 Å². The van der Waals surface area contributed by atoms with Crippen LogP contribution in [0.1, 0.15) is 60.8 Å². The minimum Gasteiger partial charge on any atom is -0.490 e. The number of rotatable bonds is 5. The standard InChI is InChI=1S/C26H30N2O3/c1-18-15-21(28-31-18)17-26(27)13-11-22(12-14-26)29-23-8-10-25-20(16-23)7-9-24(30-25)19-5-3-2-4-6-19/h2-6,8,10,15-16,22,24H,7,9,11-14,17,27H2,1H3. The van der Waals surface area contributed by atoms with E-state index in [2.05, 4.69) is 41.6 Å². The molecule has 1 aromatic heterocycles. The second kappa shape index (κ2) is 8.39. The maximum atomic E-state index is 6.65. The fourth-order valence-electron chi connectivity index (χ4n) is 4.86. The fourth-order valence-corrected chi connectivity index (χ4v) is 4.86. The Bertz CT molecular complexity index is 1020. The summed E-state index contributed by atoms with van der Waals surface area (Å²) in [6.45, 7) is 1.91. The van der Waals surface area contributed by atoms with Crippen molar-refractivity contribution in [2.75, 3.05) is 0 Å². The molecule has 2 N–H and O–H groups in total. The van der Waals surface area contributed by atoms with E-state index < -0.39 is 0 Å². The van der Waals surface area contributed by atoms with Crippen molar-refractivity contribution < 1.29 is 14.0 Å². The Morgan fingerprint density at radius 1 is 1.06 bits per heavy atom. The zero-order valence-electron chi connectivity index (χ0n) is 18.0. The topological polar surface area (TPSA) is 70.5 Å². The number of aryl methyl sites for hydroxylation is 2. The van der Waals surface area contributed by atoms with Crippen molar-refractivity contribution in [3.8, 4) is 11.5 Å². The van der Waals surface area contributed by atoms with Gasteiger partial charge in [-0.25, -0.2) is 0 Å². The number of nitrogens with two attached hydrogens (primary N) is 1. The van der Waals surface area contributed by atoms with Gasteiger partial charge in [0.1, 0.15) is 23.4 Å². The first-order valence-corrected chi connectivity index (χ1v) is 11.3. The van der Waals surface area contributed by atoms with Gasteiger partial charge in [0.15, 0.2) is 0 Å². The Kier molecular flexibility index (Phi) is 5.45. The smallest absolute Gasteiger partial charge is 0.133 e. The molecule has 5 heteroatoms. The highest BCUT2D eigenvalue weighted by molar-refractivity contribution is 5.42. The van der Waals surface area contributed by atoms with Gasteiger partial charge in [-0.3, -0.25) is 0 Å². The van der Waals surface area contributed by atoms with Gasteiger partial charge in [0.25, 0.3) is 0 Å². The molecule has 5 nitrogen and oxygen atoms in total. The first kappa shape index (κ1) is 20.1. The minimum atomic E-state index is -0.223. The van der Waals surface area contributed by atoms with Crippen molar-refractivity contribution in [1.82, 2.24) is 5.16 Å². The number of hydrogen-bond acceptors (Lipinski definition) is 5. The van der Waals surface area contributed by atoms with Crippen molar-refractivity contribution in [1.29, 1.82) is 0 Å². The Hall–Kier alpha value is -2.79. The molecule has 2 aliphatic rings. The summed E-state index contributed by atoms with van der Waals surface area (Å²) >= 11 is 0. The van der Waals surface area contributed by atoms with Crippen LogP contribution >= 0.6 is 0 Å². The zero-order chi connectivity index (χ0) is 21.3. The van der Waals surface area contributed by atoms with Gasteiger partial charge in [0.05, 0.1) is 11.8 Å². The van der Waals surface area contributed by atoms with Crippen LogP contribution in [0.15, 0.2) is 59.1 Å². The Labute approximate surface area is 183 Å². The number of benzene rings is 2. The quantitative estimate of drug-likeness (QED) is 0.608. The van der Waals surface area contributed by atoms with E-state index in [-0.39, 0.29) is 17.7 Å². The molecular formula is C26H30N2O3. The van der Waals surface area contributed by atoms with Crippen molar-refractivity contribution >= 4 is 0 Å². The summed E-state index contributed by atoms with van der Waals surface area (Å²) in [5.74, 6) is 2.74. The number of nitrogens with zero attached hydrogens (tertiary/aromatic N) is 1. The summed E-state index contributed by atoms with van der Waals surface area (Å²) in [6, 6.07) is 18.7. The van der Waals surface area contributed by atoms with E-state index in [0.29, 0.717) is 0 Å². The summed E-state index contributed by atoms with van der Waals surface area (Å²) in [6.07, 6.45) is 6.85. The molecule has 162 valence electrons. The minimum absolute atomic E-state index is 0.130. The van der Waals surface area contributed by atoms with E-state index in [9.17, 15) is 0 Å². The van der Waals surface area contributed by atoms with Gasteiger partial charge in [0.2, 0.25) is 0 Å². The number of ether oxygens (including phenoxy) is 2. The molecule has 0 radical (unpaired) electrons. The first-order chi connectivity index (χ1) is 15.1. The van der Waals surface area contributed by atoms with Crippen molar-refractivity contribution in [2.24, 2.45) is 5.73 Å². The van der Waals surface area contributed by atoms with E-state index in [4.69, 9.17) is 19.7 Å². The predicted octanol–water partition coefficient (Wildman–Crippen LogP) is 5.31. The average molecular weight is 419 g/mol. The first-order valence-electron chi connectivity index (χ1n) is 11.3. The number of hydrogen-bond donors (Lipinski definition) is 1. The van der Waals surface area contributed by atoms with E-state index >= 15 is 0 Å². The lowest BCUT2D eigenvalue weighted by atomic mass is 9.78. The number of aromatic nitrogens is 1. The molecule has 0 saturated heterocycles.